The Morgan fingerprint density at radius 3 is 2.54 bits per heavy atom. The first kappa shape index (κ1) is 18.1. The predicted octanol–water partition coefficient (Wildman–Crippen LogP) is 1.29. The average molecular weight is 354 g/mol. The number of carbonyl (C=O) groups is 3. The Balaban J connectivity index is 1.95. The number of nitrogens with zero attached hydrogens (tertiary/aromatic N) is 2. The van der Waals surface area contributed by atoms with Crippen molar-refractivity contribution in [1.29, 1.82) is 0 Å². The Labute approximate surface area is 145 Å². The number of piperazine rings is 1. The first-order chi connectivity index (χ1) is 11.4. The van der Waals surface area contributed by atoms with Crippen molar-refractivity contribution >= 4 is 35.5 Å². The second-order valence-corrected chi connectivity index (χ2v) is 5.96. The number of halogens is 1. The molecular formula is C16H20ClN3O4. The molecule has 7 nitrogen and oxygen atoms in total. The van der Waals surface area contributed by atoms with Crippen LogP contribution in [0, 0.1) is 6.92 Å². The topological polar surface area (TPSA) is 79.0 Å². The van der Waals surface area contributed by atoms with Gasteiger partial charge in [0.25, 0.3) is 0 Å². The summed E-state index contributed by atoms with van der Waals surface area (Å²) in [5, 5.41) is 3.22. The van der Waals surface area contributed by atoms with Crippen LogP contribution in [-0.2, 0) is 14.4 Å². The van der Waals surface area contributed by atoms with Gasteiger partial charge < -0.3 is 19.9 Å². The fourth-order valence-electron chi connectivity index (χ4n) is 2.45. The molecule has 0 aliphatic carbocycles. The number of methoxy groups -OCH3 is 1. The SMILES string of the molecule is COc1cc(Cl)c(C)cc1NC(=O)CC(=O)N1CCN(C=O)CC1. The lowest BCUT2D eigenvalue weighted by Crippen LogP contribution is -2.48. The average Bonchev–Trinajstić information content (AvgIpc) is 2.57. The zero-order chi connectivity index (χ0) is 17.7. The molecule has 24 heavy (non-hydrogen) atoms. The first-order valence-electron chi connectivity index (χ1n) is 7.55. The zero-order valence-corrected chi connectivity index (χ0v) is 14.4. The second kappa shape index (κ2) is 8.01. The quantitative estimate of drug-likeness (QED) is 0.639. The summed E-state index contributed by atoms with van der Waals surface area (Å²) in [7, 11) is 1.48. The summed E-state index contributed by atoms with van der Waals surface area (Å²) >= 11 is 6.03. The molecule has 0 aromatic heterocycles. The van der Waals surface area contributed by atoms with Gasteiger partial charge in [0.15, 0.2) is 0 Å². The van der Waals surface area contributed by atoms with Gasteiger partial charge in [-0.2, -0.15) is 0 Å². The third-order valence-corrected chi connectivity index (χ3v) is 4.29. The van der Waals surface area contributed by atoms with Crippen LogP contribution in [0.15, 0.2) is 12.1 Å². The molecular weight excluding hydrogens is 334 g/mol. The molecule has 130 valence electrons. The van der Waals surface area contributed by atoms with Gasteiger partial charge in [0.05, 0.1) is 12.8 Å². The third-order valence-electron chi connectivity index (χ3n) is 3.88. The normalized spacial score (nSPS) is 14.3. The molecule has 1 fully saturated rings. The monoisotopic (exact) mass is 353 g/mol. The Hall–Kier alpha value is -2.28. The zero-order valence-electron chi connectivity index (χ0n) is 13.7. The van der Waals surface area contributed by atoms with Gasteiger partial charge in [0.2, 0.25) is 18.2 Å². The highest BCUT2D eigenvalue weighted by Crippen LogP contribution is 2.31. The highest BCUT2D eigenvalue weighted by molar-refractivity contribution is 6.31. The summed E-state index contributed by atoms with van der Waals surface area (Å²) in [6, 6.07) is 3.32. The number of carbonyl (C=O) groups excluding carboxylic acids is 3. The Morgan fingerprint density at radius 2 is 1.96 bits per heavy atom. The van der Waals surface area contributed by atoms with Crippen LogP contribution in [0.5, 0.6) is 5.75 Å². The molecule has 1 aromatic rings. The van der Waals surface area contributed by atoms with E-state index in [0.717, 1.165) is 12.0 Å². The van der Waals surface area contributed by atoms with Crippen LogP contribution in [0.3, 0.4) is 0 Å². The number of benzene rings is 1. The van der Waals surface area contributed by atoms with E-state index in [0.29, 0.717) is 42.6 Å². The van der Waals surface area contributed by atoms with Crippen molar-refractivity contribution in [2.24, 2.45) is 0 Å². The molecule has 0 bridgehead atoms. The van der Waals surface area contributed by atoms with Crippen molar-refractivity contribution in [1.82, 2.24) is 9.80 Å². The molecule has 0 spiro atoms. The standard InChI is InChI=1S/C16H20ClN3O4/c1-11-7-13(14(24-2)8-12(11)17)18-15(22)9-16(23)20-5-3-19(10-21)4-6-20/h7-8,10H,3-6,9H2,1-2H3,(H,18,22). The fourth-order valence-corrected chi connectivity index (χ4v) is 2.60. The van der Waals surface area contributed by atoms with Gasteiger partial charge in [0.1, 0.15) is 12.2 Å². The molecule has 1 heterocycles. The lowest BCUT2D eigenvalue weighted by Gasteiger charge is -2.32. The van der Waals surface area contributed by atoms with Gasteiger partial charge >= 0.3 is 0 Å². The number of anilines is 1. The van der Waals surface area contributed by atoms with Gasteiger partial charge in [-0.1, -0.05) is 11.6 Å². The number of hydrogen-bond acceptors (Lipinski definition) is 4. The maximum absolute atomic E-state index is 12.2. The van der Waals surface area contributed by atoms with Crippen molar-refractivity contribution in [2.75, 3.05) is 38.6 Å². The van der Waals surface area contributed by atoms with E-state index in [1.165, 1.54) is 7.11 Å². The fraction of sp³-hybridized carbons (Fsp3) is 0.438. The predicted molar refractivity (Wildman–Crippen MR) is 90.2 cm³/mol. The summed E-state index contributed by atoms with van der Waals surface area (Å²) in [4.78, 5) is 38.2. The third kappa shape index (κ3) is 4.38. The van der Waals surface area contributed by atoms with Gasteiger partial charge in [0, 0.05) is 37.3 Å². The molecule has 0 unspecified atom stereocenters. The number of hydrogen-bond donors (Lipinski definition) is 1. The minimum Gasteiger partial charge on any atom is -0.495 e. The first-order valence-corrected chi connectivity index (χ1v) is 7.93. The maximum Gasteiger partial charge on any atom is 0.233 e. The molecule has 2 rings (SSSR count). The molecule has 0 radical (unpaired) electrons. The highest BCUT2D eigenvalue weighted by atomic mass is 35.5. The van der Waals surface area contributed by atoms with Crippen LogP contribution >= 0.6 is 11.6 Å². The molecule has 1 aliphatic heterocycles. The van der Waals surface area contributed by atoms with E-state index in [4.69, 9.17) is 16.3 Å². The summed E-state index contributed by atoms with van der Waals surface area (Å²) in [5.74, 6) is -0.244. The molecule has 8 heteroatoms. The molecule has 3 amide bonds. The van der Waals surface area contributed by atoms with Gasteiger partial charge in [-0.05, 0) is 18.6 Å². The highest BCUT2D eigenvalue weighted by Gasteiger charge is 2.22. The van der Waals surface area contributed by atoms with Crippen molar-refractivity contribution in [3.8, 4) is 5.75 Å². The van der Waals surface area contributed by atoms with E-state index < -0.39 is 5.91 Å². The van der Waals surface area contributed by atoms with Crippen molar-refractivity contribution in [2.45, 2.75) is 13.3 Å². The summed E-state index contributed by atoms with van der Waals surface area (Å²) in [6.07, 6.45) is 0.510. The van der Waals surface area contributed by atoms with Crippen LogP contribution in [0.4, 0.5) is 5.69 Å². The summed E-state index contributed by atoms with van der Waals surface area (Å²) in [5.41, 5.74) is 1.27. The molecule has 1 N–H and O–H groups in total. The van der Waals surface area contributed by atoms with E-state index in [1.807, 2.05) is 6.92 Å². The largest absolute Gasteiger partial charge is 0.495 e. The number of amides is 3. The molecule has 0 saturated carbocycles. The molecule has 0 atom stereocenters. The van der Waals surface area contributed by atoms with Gasteiger partial charge in [-0.3, -0.25) is 14.4 Å². The minimum atomic E-state index is -0.419. The van der Waals surface area contributed by atoms with E-state index in [9.17, 15) is 14.4 Å². The Bertz CT molecular complexity index is 642. The van der Waals surface area contributed by atoms with E-state index in [1.54, 1.807) is 21.9 Å². The van der Waals surface area contributed by atoms with E-state index in [2.05, 4.69) is 5.32 Å². The van der Waals surface area contributed by atoms with Crippen molar-refractivity contribution < 1.29 is 19.1 Å². The van der Waals surface area contributed by atoms with Crippen molar-refractivity contribution in [3.63, 3.8) is 0 Å². The van der Waals surface area contributed by atoms with Gasteiger partial charge in [-0.15, -0.1) is 0 Å². The maximum atomic E-state index is 12.2. The second-order valence-electron chi connectivity index (χ2n) is 5.55. The Kier molecular flexibility index (Phi) is 6.03. The smallest absolute Gasteiger partial charge is 0.233 e. The van der Waals surface area contributed by atoms with Crippen LogP contribution in [0.2, 0.25) is 5.02 Å². The van der Waals surface area contributed by atoms with E-state index >= 15 is 0 Å². The number of rotatable bonds is 5. The number of ether oxygens (including phenoxy) is 1. The van der Waals surface area contributed by atoms with Crippen molar-refractivity contribution in [3.05, 3.63) is 22.7 Å². The van der Waals surface area contributed by atoms with E-state index in [-0.39, 0.29) is 12.3 Å². The minimum absolute atomic E-state index is 0.258. The number of nitrogens with one attached hydrogen (secondary N) is 1. The molecule has 1 aliphatic rings. The van der Waals surface area contributed by atoms with Crippen LogP contribution in [0.25, 0.3) is 0 Å². The summed E-state index contributed by atoms with van der Waals surface area (Å²) in [6.45, 7) is 3.67. The molecule has 1 aromatic carbocycles. The molecule has 1 saturated heterocycles. The van der Waals surface area contributed by atoms with Crippen LogP contribution in [-0.4, -0.2) is 61.3 Å². The van der Waals surface area contributed by atoms with Crippen LogP contribution < -0.4 is 10.1 Å². The lowest BCUT2D eigenvalue weighted by atomic mass is 10.2. The van der Waals surface area contributed by atoms with Gasteiger partial charge in [-0.25, -0.2) is 0 Å². The Morgan fingerprint density at radius 1 is 1.29 bits per heavy atom. The number of aryl methyl sites for hydroxylation is 1. The summed E-state index contributed by atoms with van der Waals surface area (Å²) < 4.78 is 5.19. The van der Waals surface area contributed by atoms with Crippen LogP contribution in [0.1, 0.15) is 12.0 Å². The lowest BCUT2D eigenvalue weighted by molar-refractivity contribution is -0.137.